The maximum Gasteiger partial charge on any atom is 0.177 e. The van der Waals surface area contributed by atoms with E-state index in [1.54, 1.807) is 12.5 Å². The predicted octanol–water partition coefficient (Wildman–Crippen LogP) is 6.12. The fourth-order valence-corrected chi connectivity index (χ4v) is 5.05. The molecule has 6 rings (SSSR count). The summed E-state index contributed by atoms with van der Waals surface area (Å²) in [6.45, 7) is 0. The number of hydrogen-bond acceptors (Lipinski definition) is 5. The quantitative estimate of drug-likeness (QED) is 0.235. The number of fused-ring (bicyclic) bond motifs is 1. The van der Waals surface area contributed by atoms with Gasteiger partial charge >= 0.3 is 0 Å². The van der Waals surface area contributed by atoms with Crippen LogP contribution in [0, 0.1) is 0 Å². The third-order valence-corrected chi connectivity index (χ3v) is 7.24. The molecule has 0 saturated carbocycles. The van der Waals surface area contributed by atoms with Gasteiger partial charge in [-0.2, -0.15) is 5.10 Å². The van der Waals surface area contributed by atoms with Crippen molar-refractivity contribution in [1.82, 2.24) is 19.3 Å². The first-order chi connectivity index (χ1) is 18.1. The number of hydrogen-bond donors (Lipinski definition) is 0. The van der Waals surface area contributed by atoms with Crippen molar-refractivity contribution in [1.29, 1.82) is 0 Å². The van der Waals surface area contributed by atoms with Crippen molar-refractivity contribution < 1.29 is 9.59 Å². The Morgan fingerprint density at radius 2 is 1.57 bits per heavy atom. The first-order valence-electron chi connectivity index (χ1n) is 11.9. The zero-order valence-corrected chi connectivity index (χ0v) is 20.6. The van der Waals surface area contributed by atoms with E-state index >= 15 is 0 Å². The second-order valence-corrected chi connectivity index (χ2v) is 9.76. The number of benzene rings is 3. The van der Waals surface area contributed by atoms with Gasteiger partial charge < -0.3 is 4.57 Å². The van der Waals surface area contributed by atoms with Crippen LogP contribution in [0.2, 0.25) is 0 Å². The molecule has 0 saturated heterocycles. The van der Waals surface area contributed by atoms with Gasteiger partial charge in [-0.05, 0) is 71.1 Å². The highest BCUT2D eigenvalue weighted by Crippen LogP contribution is 2.22. The average Bonchev–Trinajstić information content (AvgIpc) is 3.71. The molecule has 7 heteroatoms. The lowest BCUT2D eigenvalue weighted by atomic mass is 10.0. The number of nitrogens with zero attached hydrogens (tertiary/aromatic N) is 4. The molecular formula is C30H22N4O2S. The number of Topliss-reactive ketones (excluding diaryl/α,β-unsaturated/α-hetero) is 2. The van der Waals surface area contributed by atoms with E-state index in [9.17, 15) is 9.59 Å². The SMILES string of the molecule is O=C(Cc1ccc2c(cnn2-c2ccc(CC(=O)c3cccs3)cc2)c1)c1ccc(-n2ccnc2)cc1. The monoisotopic (exact) mass is 502 g/mol. The molecule has 0 spiro atoms. The van der Waals surface area contributed by atoms with Crippen LogP contribution < -0.4 is 0 Å². The van der Waals surface area contributed by atoms with Crippen LogP contribution in [0.5, 0.6) is 0 Å². The highest BCUT2D eigenvalue weighted by molar-refractivity contribution is 7.12. The van der Waals surface area contributed by atoms with Gasteiger partial charge in [0.25, 0.3) is 0 Å². The summed E-state index contributed by atoms with van der Waals surface area (Å²) in [6.07, 6.45) is 7.84. The van der Waals surface area contributed by atoms with Crippen LogP contribution in [-0.2, 0) is 12.8 Å². The van der Waals surface area contributed by atoms with Crippen molar-refractivity contribution in [2.24, 2.45) is 0 Å². The Morgan fingerprint density at radius 3 is 2.30 bits per heavy atom. The summed E-state index contributed by atoms with van der Waals surface area (Å²) in [5.74, 6) is 0.195. The number of carbonyl (C=O) groups excluding carboxylic acids is 2. The van der Waals surface area contributed by atoms with Gasteiger partial charge in [0.05, 0.1) is 28.6 Å². The number of ketones is 2. The minimum atomic E-state index is 0.0663. The first-order valence-corrected chi connectivity index (χ1v) is 12.8. The van der Waals surface area contributed by atoms with Crippen LogP contribution in [0.4, 0.5) is 0 Å². The summed E-state index contributed by atoms with van der Waals surface area (Å²) in [5, 5.41) is 7.46. The lowest BCUT2D eigenvalue weighted by molar-refractivity contribution is 0.0986. The van der Waals surface area contributed by atoms with Crippen LogP contribution in [0.25, 0.3) is 22.3 Å². The first kappa shape index (κ1) is 22.8. The molecule has 37 heavy (non-hydrogen) atoms. The van der Waals surface area contributed by atoms with Crippen LogP contribution in [-0.4, -0.2) is 30.9 Å². The zero-order valence-electron chi connectivity index (χ0n) is 19.8. The molecule has 0 atom stereocenters. The van der Waals surface area contributed by atoms with E-state index in [0.717, 1.165) is 38.3 Å². The standard InChI is InChI=1S/C30H22N4O2S/c35-28(23-6-10-25(11-7-23)33-14-13-31-20-33)18-22-5-12-27-24(16-22)19-32-34(27)26-8-3-21(4-9-26)17-29(36)30-2-1-15-37-30/h1-16,19-20H,17-18H2. The van der Waals surface area contributed by atoms with Crippen molar-refractivity contribution >= 4 is 33.8 Å². The zero-order chi connectivity index (χ0) is 25.2. The van der Waals surface area contributed by atoms with Crippen molar-refractivity contribution in [3.05, 3.63) is 131 Å². The van der Waals surface area contributed by atoms with Crippen molar-refractivity contribution in [3.63, 3.8) is 0 Å². The van der Waals surface area contributed by atoms with E-state index in [1.165, 1.54) is 11.3 Å². The minimum absolute atomic E-state index is 0.0663. The highest BCUT2D eigenvalue weighted by Gasteiger charge is 2.12. The predicted molar refractivity (Wildman–Crippen MR) is 145 cm³/mol. The lowest BCUT2D eigenvalue weighted by Crippen LogP contribution is -2.04. The molecule has 3 heterocycles. The molecule has 3 aromatic carbocycles. The molecule has 0 bridgehead atoms. The molecule has 0 radical (unpaired) electrons. The van der Waals surface area contributed by atoms with E-state index in [0.29, 0.717) is 18.4 Å². The van der Waals surface area contributed by atoms with Gasteiger partial charge in [-0.15, -0.1) is 11.3 Å². The molecule has 180 valence electrons. The van der Waals surface area contributed by atoms with Gasteiger partial charge in [0.1, 0.15) is 0 Å². The van der Waals surface area contributed by atoms with Crippen LogP contribution in [0.15, 0.2) is 109 Å². The largest absolute Gasteiger partial charge is 0.306 e. The molecule has 0 aliphatic heterocycles. The average molecular weight is 503 g/mol. The van der Waals surface area contributed by atoms with Crippen molar-refractivity contribution in [2.75, 3.05) is 0 Å². The summed E-state index contributed by atoms with van der Waals surface area (Å²) in [4.78, 5) is 30.1. The summed E-state index contributed by atoms with van der Waals surface area (Å²) in [7, 11) is 0. The Kier molecular flexibility index (Phi) is 6.04. The summed E-state index contributed by atoms with van der Waals surface area (Å²) < 4.78 is 3.78. The molecule has 6 aromatic rings. The van der Waals surface area contributed by atoms with E-state index < -0.39 is 0 Å². The van der Waals surface area contributed by atoms with Gasteiger partial charge in [-0.1, -0.05) is 24.3 Å². The molecule has 0 unspecified atom stereocenters. The normalized spacial score (nSPS) is 11.1. The number of imidazole rings is 1. The number of rotatable bonds is 8. The van der Waals surface area contributed by atoms with Gasteiger partial charge in [0.15, 0.2) is 11.6 Å². The fourth-order valence-electron chi connectivity index (χ4n) is 4.38. The topological polar surface area (TPSA) is 69.8 Å². The Hall–Kier alpha value is -4.62. The van der Waals surface area contributed by atoms with Crippen LogP contribution >= 0.6 is 11.3 Å². The molecule has 0 aliphatic rings. The number of aromatic nitrogens is 4. The Morgan fingerprint density at radius 1 is 0.811 bits per heavy atom. The van der Waals surface area contributed by atoms with Crippen molar-refractivity contribution in [2.45, 2.75) is 12.8 Å². The lowest BCUT2D eigenvalue weighted by Gasteiger charge is -2.07. The van der Waals surface area contributed by atoms with E-state index in [1.807, 2.05) is 106 Å². The number of thiophene rings is 1. The Labute approximate surface area is 217 Å². The molecule has 3 aromatic heterocycles. The molecule has 6 nitrogen and oxygen atoms in total. The smallest absolute Gasteiger partial charge is 0.177 e. The Bertz CT molecular complexity index is 1680. The maximum atomic E-state index is 12.9. The van der Waals surface area contributed by atoms with Gasteiger partial charge in [0, 0.05) is 41.9 Å². The van der Waals surface area contributed by atoms with E-state index in [-0.39, 0.29) is 11.6 Å². The summed E-state index contributed by atoms with van der Waals surface area (Å²) >= 11 is 1.47. The van der Waals surface area contributed by atoms with Crippen molar-refractivity contribution in [3.8, 4) is 11.4 Å². The molecular weight excluding hydrogens is 480 g/mol. The minimum Gasteiger partial charge on any atom is -0.306 e. The summed E-state index contributed by atoms with van der Waals surface area (Å²) in [6, 6.07) is 25.2. The third-order valence-electron chi connectivity index (χ3n) is 6.33. The second kappa shape index (κ2) is 9.79. The summed E-state index contributed by atoms with van der Waals surface area (Å²) in [5.41, 5.74) is 5.44. The maximum absolute atomic E-state index is 12.9. The second-order valence-electron chi connectivity index (χ2n) is 8.81. The van der Waals surface area contributed by atoms with Crippen LogP contribution in [0.3, 0.4) is 0 Å². The Balaban J connectivity index is 1.16. The highest BCUT2D eigenvalue weighted by atomic mass is 32.1. The molecule has 0 amide bonds. The van der Waals surface area contributed by atoms with Gasteiger partial charge in [0.2, 0.25) is 0 Å². The van der Waals surface area contributed by atoms with E-state index in [2.05, 4.69) is 10.1 Å². The van der Waals surface area contributed by atoms with Gasteiger partial charge in [-0.3, -0.25) is 9.59 Å². The van der Waals surface area contributed by atoms with Gasteiger partial charge in [-0.25, -0.2) is 9.67 Å². The van der Waals surface area contributed by atoms with E-state index in [4.69, 9.17) is 0 Å². The third kappa shape index (κ3) is 4.77. The molecule has 0 aliphatic carbocycles. The molecule has 0 N–H and O–H groups in total. The number of carbonyl (C=O) groups is 2. The molecule has 0 fully saturated rings. The van der Waals surface area contributed by atoms with Crippen LogP contribution in [0.1, 0.15) is 31.2 Å². The fraction of sp³-hybridized carbons (Fsp3) is 0.0667.